The molecule has 150 valence electrons. The molecule has 0 spiro atoms. The Kier molecular flexibility index (Phi) is 7.47. The minimum absolute atomic E-state index is 0.151. The Hall–Kier alpha value is -3.06. The Morgan fingerprint density at radius 2 is 1.90 bits per heavy atom. The van der Waals surface area contributed by atoms with Gasteiger partial charge in [-0.3, -0.25) is 4.79 Å². The average molecular weight is 388 g/mol. The predicted octanol–water partition coefficient (Wildman–Crippen LogP) is 4.64. The van der Waals surface area contributed by atoms with Gasteiger partial charge in [0.15, 0.2) is 0 Å². The van der Waals surface area contributed by atoms with Crippen LogP contribution in [-0.2, 0) is 11.2 Å². The zero-order chi connectivity index (χ0) is 20.5. The maximum absolute atomic E-state index is 12.4. The maximum atomic E-state index is 12.4. The monoisotopic (exact) mass is 387 g/mol. The van der Waals surface area contributed by atoms with E-state index in [1.165, 1.54) is 30.5 Å². The van der Waals surface area contributed by atoms with Crippen molar-refractivity contribution in [1.29, 1.82) is 5.26 Å². The second-order valence-corrected chi connectivity index (χ2v) is 7.60. The number of rotatable bonds is 7. The van der Waals surface area contributed by atoms with Crippen molar-refractivity contribution in [3.05, 3.63) is 70.8 Å². The van der Waals surface area contributed by atoms with Crippen LogP contribution in [0.5, 0.6) is 0 Å². The van der Waals surface area contributed by atoms with E-state index in [4.69, 9.17) is 0 Å². The molecule has 3 rings (SSSR count). The molecule has 1 fully saturated rings. The summed E-state index contributed by atoms with van der Waals surface area (Å²) >= 11 is 0. The SMILES string of the molecule is Cc1cc(N2CCCCC2)ccc1/C=C(/C#N)C(=O)NCCCc1ccccc1. The molecule has 1 heterocycles. The molecule has 0 saturated carbocycles. The highest BCUT2D eigenvalue weighted by molar-refractivity contribution is 6.01. The molecule has 1 aliphatic heterocycles. The molecular formula is C25H29N3O. The van der Waals surface area contributed by atoms with E-state index in [1.54, 1.807) is 6.08 Å². The van der Waals surface area contributed by atoms with Crippen molar-refractivity contribution in [3.63, 3.8) is 0 Å². The fraction of sp³-hybridized carbons (Fsp3) is 0.360. The van der Waals surface area contributed by atoms with E-state index in [0.29, 0.717) is 6.54 Å². The van der Waals surface area contributed by atoms with Crippen molar-refractivity contribution in [1.82, 2.24) is 5.32 Å². The van der Waals surface area contributed by atoms with Crippen LogP contribution < -0.4 is 10.2 Å². The number of carbonyl (C=O) groups excluding carboxylic acids is 1. The van der Waals surface area contributed by atoms with Gasteiger partial charge in [-0.05, 0) is 73.9 Å². The van der Waals surface area contributed by atoms with Gasteiger partial charge in [0.2, 0.25) is 0 Å². The minimum atomic E-state index is -0.305. The molecule has 4 nitrogen and oxygen atoms in total. The average Bonchev–Trinajstić information content (AvgIpc) is 2.77. The normalized spacial score (nSPS) is 14.3. The summed E-state index contributed by atoms with van der Waals surface area (Å²) in [4.78, 5) is 14.8. The second kappa shape index (κ2) is 10.5. The van der Waals surface area contributed by atoms with Gasteiger partial charge in [0.1, 0.15) is 11.6 Å². The lowest BCUT2D eigenvalue weighted by molar-refractivity contribution is -0.117. The maximum Gasteiger partial charge on any atom is 0.261 e. The van der Waals surface area contributed by atoms with Crippen molar-refractivity contribution in [2.75, 3.05) is 24.5 Å². The van der Waals surface area contributed by atoms with Crippen LogP contribution in [-0.4, -0.2) is 25.5 Å². The van der Waals surface area contributed by atoms with Crippen LogP contribution in [0.2, 0.25) is 0 Å². The molecule has 0 aromatic heterocycles. The van der Waals surface area contributed by atoms with Crippen molar-refractivity contribution < 1.29 is 4.79 Å². The molecule has 1 aliphatic rings. The smallest absolute Gasteiger partial charge is 0.261 e. The summed E-state index contributed by atoms with van der Waals surface area (Å²) in [6.07, 6.45) is 7.24. The Morgan fingerprint density at radius 1 is 1.14 bits per heavy atom. The van der Waals surface area contributed by atoms with Crippen LogP contribution >= 0.6 is 0 Å². The fourth-order valence-corrected chi connectivity index (χ4v) is 3.71. The molecule has 1 saturated heterocycles. The molecule has 29 heavy (non-hydrogen) atoms. The molecule has 2 aromatic carbocycles. The van der Waals surface area contributed by atoms with Crippen LogP contribution in [0.1, 0.15) is 42.4 Å². The second-order valence-electron chi connectivity index (χ2n) is 7.60. The summed E-state index contributed by atoms with van der Waals surface area (Å²) in [6, 6.07) is 18.5. The molecule has 0 radical (unpaired) electrons. The first-order valence-corrected chi connectivity index (χ1v) is 10.5. The Labute approximate surface area is 173 Å². The van der Waals surface area contributed by atoms with E-state index in [0.717, 1.165) is 37.1 Å². The molecule has 0 atom stereocenters. The van der Waals surface area contributed by atoms with Gasteiger partial charge in [-0.2, -0.15) is 5.26 Å². The van der Waals surface area contributed by atoms with E-state index in [9.17, 15) is 10.1 Å². The molecule has 0 unspecified atom stereocenters. The van der Waals surface area contributed by atoms with Gasteiger partial charge >= 0.3 is 0 Å². The van der Waals surface area contributed by atoms with Gasteiger partial charge in [-0.1, -0.05) is 36.4 Å². The molecule has 2 aromatic rings. The Balaban J connectivity index is 1.58. The molecule has 0 aliphatic carbocycles. The molecule has 1 amide bonds. The topological polar surface area (TPSA) is 56.1 Å². The Bertz CT molecular complexity index is 890. The summed E-state index contributed by atoms with van der Waals surface area (Å²) in [5.41, 5.74) is 4.63. The van der Waals surface area contributed by atoms with Gasteiger partial charge in [-0.15, -0.1) is 0 Å². The third-order valence-corrected chi connectivity index (χ3v) is 5.41. The number of nitrogens with one attached hydrogen (secondary N) is 1. The predicted molar refractivity (Wildman–Crippen MR) is 119 cm³/mol. The lowest BCUT2D eigenvalue weighted by atomic mass is 10.0. The van der Waals surface area contributed by atoms with Gasteiger partial charge in [0.05, 0.1) is 0 Å². The lowest BCUT2D eigenvalue weighted by Crippen LogP contribution is -2.29. The number of hydrogen-bond acceptors (Lipinski definition) is 3. The molecule has 1 N–H and O–H groups in total. The van der Waals surface area contributed by atoms with Crippen molar-refractivity contribution in [2.24, 2.45) is 0 Å². The summed E-state index contributed by atoms with van der Waals surface area (Å²) in [5, 5.41) is 12.3. The number of nitriles is 1. The van der Waals surface area contributed by atoms with Gasteiger partial charge in [0, 0.05) is 25.3 Å². The van der Waals surface area contributed by atoms with E-state index in [2.05, 4.69) is 40.6 Å². The Morgan fingerprint density at radius 3 is 2.59 bits per heavy atom. The molecular weight excluding hydrogens is 358 g/mol. The number of piperidine rings is 1. The highest BCUT2D eigenvalue weighted by Gasteiger charge is 2.13. The number of amides is 1. The van der Waals surface area contributed by atoms with E-state index in [-0.39, 0.29) is 11.5 Å². The first kappa shape index (κ1) is 20.7. The largest absolute Gasteiger partial charge is 0.372 e. The first-order chi connectivity index (χ1) is 14.2. The third kappa shape index (κ3) is 5.96. The van der Waals surface area contributed by atoms with Crippen LogP contribution in [0, 0.1) is 18.3 Å². The number of anilines is 1. The summed E-state index contributed by atoms with van der Waals surface area (Å²) < 4.78 is 0. The third-order valence-electron chi connectivity index (χ3n) is 5.41. The highest BCUT2D eigenvalue weighted by Crippen LogP contribution is 2.24. The van der Waals surface area contributed by atoms with Gasteiger partial charge in [-0.25, -0.2) is 0 Å². The summed E-state index contributed by atoms with van der Waals surface area (Å²) in [6.45, 7) is 4.79. The van der Waals surface area contributed by atoms with E-state index in [1.807, 2.05) is 31.2 Å². The van der Waals surface area contributed by atoms with Gasteiger partial charge < -0.3 is 10.2 Å². The van der Waals surface area contributed by atoms with E-state index >= 15 is 0 Å². The molecule has 4 heteroatoms. The number of carbonyl (C=O) groups is 1. The summed E-state index contributed by atoms with van der Waals surface area (Å²) in [5.74, 6) is -0.305. The van der Waals surface area contributed by atoms with Crippen LogP contribution in [0.15, 0.2) is 54.1 Å². The lowest BCUT2D eigenvalue weighted by Gasteiger charge is -2.29. The number of aryl methyl sites for hydroxylation is 2. The minimum Gasteiger partial charge on any atom is -0.372 e. The first-order valence-electron chi connectivity index (χ1n) is 10.5. The fourth-order valence-electron chi connectivity index (χ4n) is 3.71. The van der Waals surface area contributed by atoms with Crippen molar-refractivity contribution in [3.8, 4) is 6.07 Å². The zero-order valence-electron chi connectivity index (χ0n) is 17.2. The number of benzene rings is 2. The standard InChI is InChI=1S/C25H29N3O/c1-20-17-24(28-15-6-3-7-16-28)13-12-22(20)18-23(19-26)25(29)27-14-8-11-21-9-4-2-5-10-21/h2,4-5,9-10,12-13,17-18H,3,6-8,11,14-16H2,1H3,(H,27,29)/b23-18-. The summed E-state index contributed by atoms with van der Waals surface area (Å²) in [7, 11) is 0. The zero-order valence-corrected chi connectivity index (χ0v) is 17.2. The van der Waals surface area contributed by atoms with Crippen LogP contribution in [0.3, 0.4) is 0 Å². The van der Waals surface area contributed by atoms with E-state index < -0.39 is 0 Å². The van der Waals surface area contributed by atoms with Gasteiger partial charge in [0.25, 0.3) is 5.91 Å². The quantitative estimate of drug-likeness (QED) is 0.428. The molecule has 0 bridgehead atoms. The van der Waals surface area contributed by atoms with Crippen molar-refractivity contribution >= 4 is 17.7 Å². The van der Waals surface area contributed by atoms with Crippen LogP contribution in [0.25, 0.3) is 6.08 Å². The number of nitrogens with zero attached hydrogens (tertiary/aromatic N) is 2. The number of hydrogen-bond donors (Lipinski definition) is 1. The highest BCUT2D eigenvalue weighted by atomic mass is 16.1. The van der Waals surface area contributed by atoms with Crippen molar-refractivity contribution in [2.45, 2.75) is 39.0 Å². The van der Waals surface area contributed by atoms with Crippen LogP contribution in [0.4, 0.5) is 5.69 Å².